The van der Waals surface area contributed by atoms with E-state index in [4.69, 9.17) is 5.73 Å². The van der Waals surface area contributed by atoms with Crippen LogP contribution in [0, 0.1) is 5.92 Å². The molecule has 0 radical (unpaired) electrons. The number of rotatable bonds is 3. The normalized spacial score (nSPS) is 26.9. The van der Waals surface area contributed by atoms with Crippen LogP contribution >= 0.6 is 12.4 Å². The second-order valence-electron chi connectivity index (χ2n) is 6.65. The van der Waals surface area contributed by atoms with Crippen LogP contribution in [0.15, 0.2) is 24.3 Å². The van der Waals surface area contributed by atoms with Gasteiger partial charge in [0.2, 0.25) is 5.91 Å². The molecule has 3 rings (SSSR count). The number of benzene rings is 1. The molecule has 110 valence electrons. The maximum Gasteiger partial charge on any atom is 0.224 e. The molecule has 4 heteroatoms. The summed E-state index contributed by atoms with van der Waals surface area (Å²) in [7, 11) is 0. The van der Waals surface area contributed by atoms with E-state index >= 15 is 0 Å². The van der Waals surface area contributed by atoms with Gasteiger partial charge in [0.1, 0.15) is 0 Å². The van der Waals surface area contributed by atoms with E-state index in [-0.39, 0.29) is 35.2 Å². The Morgan fingerprint density at radius 1 is 1.45 bits per heavy atom. The van der Waals surface area contributed by atoms with Crippen molar-refractivity contribution in [2.45, 2.75) is 44.1 Å². The minimum Gasteiger partial charge on any atom is -0.350 e. The van der Waals surface area contributed by atoms with Crippen molar-refractivity contribution in [3.63, 3.8) is 0 Å². The van der Waals surface area contributed by atoms with Crippen molar-refractivity contribution in [3.8, 4) is 0 Å². The molecule has 0 aliphatic heterocycles. The summed E-state index contributed by atoms with van der Waals surface area (Å²) in [4.78, 5) is 12.4. The first-order valence-corrected chi connectivity index (χ1v) is 7.09. The largest absolute Gasteiger partial charge is 0.350 e. The van der Waals surface area contributed by atoms with Crippen LogP contribution in [-0.2, 0) is 16.6 Å². The first-order valence-electron chi connectivity index (χ1n) is 7.09. The molecule has 0 bridgehead atoms. The third-order valence-electron chi connectivity index (χ3n) is 4.76. The summed E-state index contributed by atoms with van der Waals surface area (Å²) in [6.45, 7) is 4.42. The fourth-order valence-corrected chi connectivity index (χ4v) is 3.41. The van der Waals surface area contributed by atoms with Gasteiger partial charge in [-0.1, -0.05) is 24.3 Å². The number of carbonyl (C=O) groups excluding carboxylic acids is 1. The Bertz CT molecular complexity index is 529. The highest BCUT2D eigenvalue weighted by atomic mass is 35.5. The second-order valence-corrected chi connectivity index (χ2v) is 6.65. The smallest absolute Gasteiger partial charge is 0.224 e. The highest BCUT2D eigenvalue weighted by molar-refractivity contribution is 5.86. The van der Waals surface area contributed by atoms with Gasteiger partial charge in [-0.3, -0.25) is 4.79 Å². The molecule has 1 aromatic carbocycles. The van der Waals surface area contributed by atoms with Gasteiger partial charge in [0.05, 0.1) is 0 Å². The van der Waals surface area contributed by atoms with Gasteiger partial charge in [0, 0.05) is 23.4 Å². The van der Waals surface area contributed by atoms with E-state index < -0.39 is 0 Å². The zero-order valence-corrected chi connectivity index (χ0v) is 12.9. The Morgan fingerprint density at radius 3 is 2.85 bits per heavy atom. The lowest BCUT2D eigenvalue weighted by atomic mass is 9.94. The monoisotopic (exact) mass is 294 g/mol. The van der Waals surface area contributed by atoms with Gasteiger partial charge >= 0.3 is 0 Å². The van der Waals surface area contributed by atoms with Crippen molar-refractivity contribution in [1.29, 1.82) is 0 Å². The Kier molecular flexibility index (Phi) is 3.87. The van der Waals surface area contributed by atoms with Crippen LogP contribution in [0.5, 0.6) is 0 Å². The van der Waals surface area contributed by atoms with E-state index in [0.717, 1.165) is 19.3 Å². The van der Waals surface area contributed by atoms with Crippen LogP contribution < -0.4 is 11.1 Å². The summed E-state index contributed by atoms with van der Waals surface area (Å²) in [5, 5.41) is 3.09. The number of carbonyl (C=O) groups is 1. The molecule has 1 saturated carbocycles. The summed E-state index contributed by atoms with van der Waals surface area (Å²) in [5.41, 5.74) is 8.34. The van der Waals surface area contributed by atoms with Gasteiger partial charge in [0.15, 0.2) is 0 Å². The fourth-order valence-electron chi connectivity index (χ4n) is 3.41. The number of nitrogens with one attached hydrogen (secondary N) is 1. The fraction of sp³-hybridized carbons (Fsp3) is 0.562. The Balaban J connectivity index is 0.00000147. The summed E-state index contributed by atoms with van der Waals surface area (Å²) in [6.07, 6.45) is 3.23. The van der Waals surface area contributed by atoms with E-state index in [1.54, 1.807) is 0 Å². The third-order valence-corrected chi connectivity index (χ3v) is 4.76. The average molecular weight is 295 g/mol. The van der Waals surface area contributed by atoms with E-state index in [9.17, 15) is 4.79 Å². The standard InChI is InChI=1S/C16H22N2O.ClH/c1-15(2,10-17)18-14(19)13-9-16(13)8-7-11-5-3-4-6-12(11)16;/h3-6,13H,7-10,17H2,1-2H3,(H,18,19);1H. The van der Waals surface area contributed by atoms with E-state index in [0.29, 0.717) is 6.54 Å². The summed E-state index contributed by atoms with van der Waals surface area (Å²) in [5.74, 6) is 0.314. The molecule has 0 aromatic heterocycles. The van der Waals surface area contributed by atoms with E-state index in [1.165, 1.54) is 11.1 Å². The average Bonchev–Trinajstić information content (AvgIpc) is 3.00. The lowest BCUT2D eigenvalue weighted by Gasteiger charge is -2.25. The third kappa shape index (κ3) is 2.33. The molecule has 1 amide bonds. The molecule has 20 heavy (non-hydrogen) atoms. The molecule has 2 aliphatic carbocycles. The van der Waals surface area contributed by atoms with Crippen LogP contribution in [0.1, 0.15) is 37.8 Å². The topological polar surface area (TPSA) is 55.1 Å². The second kappa shape index (κ2) is 5.05. The van der Waals surface area contributed by atoms with Gasteiger partial charge in [-0.05, 0) is 44.2 Å². The summed E-state index contributed by atoms with van der Waals surface area (Å²) in [6, 6.07) is 8.57. The van der Waals surface area contributed by atoms with Crippen molar-refractivity contribution in [2.75, 3.05) is 6.54 Å². The molecule has 1 fully saturated rings. The minimum absolute atomic E-state index is 0. The molecule has 0 heterocycles. The zero-order valence-electron chi connectivity index (χ0n) is 12.1. The Morgan fingerprint density at radius 2 is 2.15 bits per heavy atom. The number of fused-ring (bicyclic) bond motifs is 2. The van der Waals surface area contributed by atoms with Crippen LogP contribution in [0.4, 0.5) is 0 Å². The molecule has 0 saturated heterocycles. The summed E-state index contributed by atoms with van der Waals surface area (Å²) < 4.78 is 0. The maximum absolute atomic E-state index is 12.4. The van der Waals surface area contributed by atoms with Crippen LogP contribution in [0.2, 0.25) is 0 Å². The first-order chi connectivity index (χ1) is 8.98. The number of amides is 1. The molecular weight excluding hydrogens is 272 g/mol. The molecule has 2 aliphatic rings. The highest BCUT2D eigenvalue weighted by Gasteiger charge is 2.61. The van der Waals surface area contributed by atoms with Crippen molar-refractivity contribution in [2.24, 2.45) is 11.7 Å². The van der Waals surface area contributed by atoms with Gasteiger partial charge in [0.25, 0.3) is 0 Å². The quantitative estimate of drug-likeness (QED) is 0.898. The summed E-state index contributed by atoms with van der Waals surface area (Å²) >= 11 is 0. The Hall–Kier alpha value is -1.06. The predicted octanol–water partition coefficient (Wildman–Crippen LogP) is 2.17. The molecule has 2 atom stereocenters. The van der Waals surface area contributed by atoms with Gasteiger partial charge in [-0.25, -0.2) is 0 Å². The molecule has 2 unspecified atom stereocenters. The van der Waals surface area contributed by atoms with Crippen molar-refractivity contribution < 1.29 is 4.79 Å². The van der Waals surface area contributed by atoms with Gasteiger partial charge in [-0.15, -0.1) is 12.4 Å². The lowest BCUT2D eigenvalue weighted by molar-refractivity contribution is -0.124. The number of nitrogens with two attached hydrogens (primary N) is 1. The molecule has 3 N–H and O–H groups in total. The lowest BCUT2D eigenvalue weighted by Crippen LogP contribution is -2.50. The number of hydrogen-bond acceptors (Lipinski definition) is 2. The minimum atomic E-state index is -0.307. The predicted molar refractivity (Wildman–Crippen MR) is 83.1 cm³/mol. The maximum atomic E-state index is 12.4. The first kappa shape index (κ1) is 15.3. The zero-order chi connectivity index (χ0) is 13.7. The molecule has 1 spiro atoms. The van der Waals surface area contributed by atoms with Gasteiger partial charge < -0.3 is 11.1 Å². The van der Waals surface area contributed by atoms with Crippen LogP contribution in [0.3, 0.4) is 0 Å². The SMILES string of the molecule is CC(C)(CN)NC(=O)C1CC12CCc1ccccc12.Cl. The molecular formula is C16H23ClN2O. The number of hydrogen-bond donors (Lipinski definition) is 2. The van der Waals surface area contributed by atoms with Crippen LogP contribution in [-0.4, -0.2) is 18.0 Å². The van der Waals surface area contributed by atoms with Crippen molar-refractivity contribution in [3.05, 3.63) is 35.4 Å². The Labute approximate surface area is 126 Å². The van der Waals surface area contributed by atoms with Crippen molar-refractivity contribution in [1.82, 2.24) is 5.32 Å². The van der Waals surface area contributed by atoms with Gasteiger partial charge in [-0.2, -0.15) is 0 Å². The number of halogens is 1. The van der Waals surface area contributed by atoms with Crippen molar-refractivity contribution >= 4 is 18.3 Å². The number of aryl methyl sites for hydroxylation is 1. The highest BCUT2D eigenvalue weighted by Crippen LogP contribution is 2.61. The van der Waals surface area contributed by atoms with E-state index in [1.807, 2.05) is 13.8 Å². The molecule has 1 aromatic rings. The molecule has 3 nitrogen and oxygen atoms in total. The van der Waals surface area contributed by atoms with Crippen LogP contribution in [0.25, 0.3) is 0 Å². The van der Waals surface area contributed by atoms with E-state index in [2.05, 4.69) is 29.6 Å².